The van der Waals surface area contributed by atoms with E-state index in [2.05, 4.69) is 70.1 Å². The van der Waals surface area contributed by atoms with Crippen LogP contribution >= 0.6 is 27.3 Å². The smallest absolute Gasteiger partial charge is 0.0705 e. The highest BCUT2D eigenvalue weighted by atomic mass is 79.9. The molecular formula is C13H10BrNS. The molecular weight excluding hydrogens is 282 g/mol. The highest BCUT2D eigenvalue weighted by Gasteiger charge is 2.03. The molecule has 0 saturated carbocycles. The summed E-state index contributed by atoms with van der Waals surface area (Å²) in [4.78, 5) is 1.30. The fourth-order valence-corrected chi connectivity index (χ4v) is 3.29. The molecule has 0 atom stereocenters. The van der Waals surface area contributed by atoms with Crippen molar-refractivity contribution in [3.8, 4) is 10.4 Å². The average Bonchev–Trinajstić information content (AvgIpc) is 2.86. The second-order valence-corrected chi connectivity index (χ2v) is 6.27. The van der Waals surface area contributed by atoms with Gasteiger partial charge in [0.1, 0.15) is 0 Å². The van der Waals surface area contributed by atoms with Crippen LogP contribution in [-0.4, -0.2) is 4.57 Å². The molecule has 0 saturated heterocycles. The number of aromatic nitrogens is 1. The first-order valence-electron chi connectivity index (χ1n) is 5.05. The van der Waals surface area contributed by atoms with E-state index in [-0.39, 0.29) is 0 Å². The Morgan fingerprint density at radius 3 is 2.75 bits per heavy atom. The summed E-state index contributed by atoms with van der Waals surface area (Å²) in [7, 11) is 2.07. The maximum absolute atomic E-state index is 3.50. The predicted octanol–water partition coefficient (Wildman–Crippen LogP) is 4.67. The normalized spacial score (nSPS) is 11.1. The molecule has 0 radical (unpaired) electrons. The van der Waals surface area contributed by atoms with E-state index in [1.807, 2.05) is 0 Å². The maximum atomic E-state index is 3.50. The minimum atomic E-state index is 1.18. The summed E-state index contributed by atoms with van der Waals surface area (Å²) in [6, 6.07) is 13.0. The van der Waals surface area contributed by atoms with E-state index in [0.717, 1.165) is 0 Å². The van der Waals surface area contributed by atoms with Crippen LogP contribution in [0.25, 0.3) is 21.3 Å². The van der Waals surface area contributed by atoms with Crippen molar-refractivity contribution in [3.05, 3.63) is 46.4 Å². The third-order valence-corrected chi connectivity index (χ3v) is 4.42. The minimum Gasteiger partial charge on any atom is -0.351 e. The molecule has 16 heavy (non-hydrogen) atoms. The molecule has 1 aromatic carbocycles. The third-order valence-electron chi connectivity index (χ3n) is 2.74. The molecule has 0 spiro atoms. The number of hydrogen-bond donors (Lipinski definition) is 0. The van der Waals surface area contributed by atoms with Gasteiger partial charge in [-0.25, -0.2) is 0 Å². The summed E-state index contributed by atoms with van der Waals surface area (Å²) in [5.41, 5.74) is 2.56. The Morgan fingerprint density at radius 2 is 2.00 bits per heavy atom. The lowest BCUT2D eigenvalue weighted by molar-refractivity contribution is 0.969. The Bertz CT molecular complexity index is 651. The Kier molecular flexibility index (Phi) is 2.37. The van der Waals surface area contributed by atoms with Crippen LogP contribution in [0.15, 0.2) is 46.4 Å². The minimum absolute atomic E-state index is 1.18. The predicted molar refractivity (Wildman–Crippen MR) is 73.9 cm³/mol. The van der Waals surface area contributed by atoms with Crippen molar-refractivity contribution in [3.63, 3.8) is 0 Å². The van der Waals surface area contributed by atoms with E-state index in [0.29, 0.717) is 0 Å². The van der Waals surface area contributed by atoms with Gasteiger partial charge in [-0.1, -0.05) is 6.07 Å². The van der Waals surface area contributed by atoms with Crippen molar-refractivity contribution in [2.45, 2.75) is 0 Å². The highest BCUT2D eigenvalue weighted by molar-refractivity contribution is 9.11. The molecule has 0 bridgehead atoms. The van der Waals surface area contributed by atoms with E-state index in [1.54, 1.807) is 11.3 Å². The van der Waals surface area contributed by atoms with E-state index in [4.69, 9.17) is 0 Å². The fraction of sp³-hybridized carbons (Fsp3) is 0.0769. The molecule has 80 valence electrons. The topological polar surface area (TPSA) is 4.93 Å². The number of benzene rings is 1. The summed E-state index contributed by atoms with van der Waals surface area (Å²) in [6.45, 7) is 0. The zero-order valence-corrected chi connectivity index (χ0v) is 11.2. The van der Waals surface area contributed by atoms with Crippen LogP contribution in [0.5, 0.6) is 0 Å². The van der Waals surface area contributed by atoms with Gasteiger partial charge < -0.3 is 4.57 Å². The number of fused-ring (bicyclic) bond motifs is 1. The van der Waals surface area contributed by atoms with Gasteiger partial charge in [0.25, 0.3) is 0 Å². The molecule has 3 heteroatoms. The first-order valence-corrected chi connectivity index (χ1v) is 6.66. The van der Waals surface area contributed by atoms with Gasteiger partial charge >= 0.3 is 0 Å². The standard InChI is InChI=1S/C13H10BrNS/c1-15-7-6-9-8-10(2-3-11(9)15)12-4-5-13(14)16-12/h2-8H,1H3. The lowest BCUT2D eigenvalue weighted by Gasteiger charge is -1.99. The van der Waals surface area contributed by atoms with Crippen LogP contribution in [0.1, 0.15) is 0 Å². The van der Waals surface area contributed by atoms with Crippen LogP contribution in [0.2, 0.25) is 0 Å². The molecule has 0 aliphatic carbocycles. The lowest BCUT2D eigenvalue weighted by Crippen LogP contribution is -1.82. The summed E-state index contributed by atoms with van der Waals surface area (Å²) in [6.07, 6.45) is 2.10. The van der Waals surface area contributed by atoms with Gasteiger partial charge in [0, 0.05) is 29.0 Å². The van der Waals surface area contributed by atoms with Crippen molar-refractivity contribution in [2.75, 3.05) is 0 Å². The van der Waals surface area contributed by atoms with E-state index in [9.17, 15) is 0 Å². The second kappa shape index (κ2) is 3.75. The first kappa shape index (κ1) is 10.1. The van der Waals surface area contributed by atoms with Crippen molar-refractivity contribution in [1.29, 1.82) is 0 Å². The van der Waals surface area contributed by atoms with Gasteiger partial charge in [-0.3, -0.25) is 0 Å². The van der Waals surface area contributed by atoms with Gasteiger partial charge in [0.2, 0.25) is 0 Å². The Labute approximate surface area is 106 Å². The van der Waals surface area contributed by atoms with E-state index >= 15 is 0 Å². The molecule has 1 nitrogen and oxygen atoms in total. The number of rotatable bonds is 1. The van der Waals surface area contributed by atoms with Gasteiger partial charge in [-0.2, -0.15) is 0 Å². The SMILES string of the molecule is Cn1ccc2cc(-c3ccc(Br)s3)ccc21. The largest absolute Gasteiger partial charge is 0.351 e. The number of hydrogen-bond acceptors (Lipinski definition) is 1. The van der Waals surface area contributed by atoms with Gasteiger partial charge in [0.05, 0.1) is 3.79 Å². The quantitative estimate of drug-likeness (QED) is 0.614. The average molecular weight is 292 g/mol. The summed E-state index contributed by atoms with van der Waals surface area (Å²) >= 11 is 5.26. The van der Waals surface area contributed by atoms with Gasteiger partial charge in [-0.15, -0.1) is 11.3 Å². The zero-order chi connectivity index (χ0) is 11.1. The summed E-state index contributed by atoms with van der Waals surface area (Å²) in [5.74, 6) is 0. The van der Waals surface area contributed by atoms with Crippen molar-refractivity contribution in [2.24, 2.45) is 7.05 Å². The van der Waals surface area contributed by atoms with Crippen LogP contribution in [0.3, 0.4) is 0 Å². The molecule has 2 aromatic heterocycles. The number of nitrogens with zero attached hydrogens (tertiary/aromatic N) is 1. The lowest BCUT2D eigenvalue weighted by atomic mass is 10.1. The molecule has 3 aromatic rings. The number of thiophene rings is 1. The van der Waals surface area contributed by atoms with Gasteiger partial charge in [-0.05, 0) is 51.8 Å². The monoisotopic (exact) mass is 291 g/mol. The van der Waals surface area contributed by atoms with Crippen LogP contribution < -0.4 is 0 Å². The molecule has 0 N–H and O–H groups in total. The van der Waals surface area contributed by atoms with Crippen LogP contribution in [0, 0.1) is 0 Å². The van der Waals surface area contributed by atoms with Gasteiger partial charge in [0.15, 0.2) is 0 Å². The first-order chi connectivity index (χ1) is 7.74. The maximum Gasteiger partial charge on any atom is 0.0705 e. The van der Waals surface area contributed by atoms with Crippen LogP contribution in [-0.2, 0) is 7.05 Å². The summed E-state index contributed by atoms with van der Waals surface area (Å²) in [5, 5.41) is 1.30. The Balaban J connectivity index is 2.18. The highest BCUT2D eigenvalue weighted by Crippen LogP contribution is 2.32. The Morgan fingerprint density at radius 1 is 1.12 bits per heavy atom. The van der Waals surface area contributed by atoms with Crippen molar-refractivity contribution < 1.29 is 0 Å². The molecule has 0 aliphatic heterocycles. The molecule has 0 unspecified atom stereocenters. The number of aryl methyl sites for hydroxylation is 1. The zero-order valence-electron chi connectivity index (χ0n) is 8.77. The number of halogens is 1. The fourth-order valence-electron chi connectivity index (χ4n) is 1.90. The Hall–Kier alpha value is -1.06. The molecule has 0 amide bonds. The van der Waals surface area contributed by atoms with Crippen molar-refractivity contribution >= 4 is 38.2 Å². The van der Waals surface area contributed by atoms with E-state index < -0.39 is 0 Å². The van der Waals surface area contributed by atoms with Crippen LogP contribution in [0.4, 0.5) is 0 Å². The third kappa shape index (κ3) is 1.60. The molecule has 3 rings (SSSR count). The molecule has 0 aliphatic rings. The molecule has 0 fully saturated rings. The second-order valence-electron chi connectivity index (χ2n) is 3.80. The summed E-state index contributed by atoms with van der Waals surface area (Å²) < 4.78 is 3.32. The van der Waals surface area contributed by atoms with Crippen molar-refractivity contribution in [1.82, 2.24) is 4.57 Å². The molecule has 2 heterocycles. The van der Waals surface area contributed by atoms with E-state index in [1.165, 1.54) is 25.1 Å².